The Morgan fingerprint density at radius 1 is 1.13 bits per heavy atom. The van der Waals surface area contributed by atoms with E-state index in [1.165, 1.54) is 0 Å². The fraction of sp³-hybridized carbons (Fsp3) is 0.0588. The maximum absolute atomic E-state index is 12.2. The number of amides is 1. The third kappa shape index (κ3) is 2.76. The van der Waals surface area contributed by atoms with Gasteiger partial charge in [0.25, 0.3) is 5.91 Å². The van der Waals surface area contributed by atoms with Crippen LogP contribution >= 0.6 is 11.3 Å². The van der Waals surface area contributed by atoms with E-state index in [0.717, 1.165) is 16.3 Å². The summed E-state index contributed by atoms with van der Waals surface area (Å²) in [5.41, 5.74) is 2.52. The topological polar surface area (TPSA) is 51.3 Å². The molecule has 1 N–H and O–H groups in total. The van der Waals surface area contributed by atoms with Gasteiger partial charge in [0.15, 0.2) is 4.96 Å². The second kappa shape index (κ2) is 5.73. The van der Waals surface area contributed by atoms with E-state index in [1.54, 1.807) is 11.3 Å². The average molecular weight is 322 g/mol. The molecule has 1 aromatic carbocycles. The van der Waals surface area contributed by atoms with Crippen molar-refractivity contribution in [2.75, 3.05) is 0 Å². The second-order valence-corrected chi connectivity index (χ2v) is 6.02. The molecule has 0 fully saturated rings. The molecule has 0 radical (unpaired) electrons. The van der Waals surface area contributed by atoms with Crippen molar-refractivity contribution in [3.8, 4) is 5.69 Å². The van der Waals surface area contributed by atoms with E-state index in [-0.39, 0.29) is 5.91 Å². The van der Waals surface area contributed by atoms with Crippen molar-refractivity contribution in [3.63, 3.8) is 0 Å². The van der Waals surface area contributed by atoms with Crippen molar-refractivity contribution >= 4 is 22.2 Å². The summed E-state index contributed by atoms with van der Waals surface area (Å²) in [5, 5.41) is 4.89. The molecule has 0 aliphatic heterocycles. The molecule has 0 spiro atoms. The van der Waals surface area contributed by atoms with Gasteiger partial charge >= 0.3 is 0 Å². The van der Waals surface area contributed by atoms with Crippen LogP contribution in [0, 0.1) is 0 Å². The third-order valence-corrected chi connectivity index (χ3v) is 4.38. The SMILES string of the molecule is O=C(NCc1cn2ccsc2n1)c1ccc(-n2cccc2)cc1. The molecule has 1 amide bonds. The lowest BCUT2D eigenvalue weighted by molar-refractivity contribution is 0.0950. The van der Waals surface area contributed by atoms with Gasteiger partial charge in [-0.3, -0.25) is 9.20 Å². The molecule has 0 aliphatic rings. The average Bonchev–Trinajstić information content (AvgIpc) is 3.29. The van der Waals surface area contributed by atoms with Crippen LogP contribution in [-0.4, -0.2) is 19.9 Å². The van der Waals surface area contributed by atoms with E-state index in [0.29, 0.717) is 12.1 Å². The highest BCUT2D eigenvalue weighted by atomic mass is 32.1. The standard InChI is InChI=1S/C17H14N4OS/c22-16(18-11-14-12-21-9-10-23-17(21)19-14)13-3-5-15(6-4-13)20-7-1-2-8-20/h1-10,12H,11H2,(H,18,22). The minimum atomic E-state index is -0.0968. The molecule has 0 atom stereocenters. The van der Waals surface area contributed by atoms with Crippen LogP contribution in [0.3, 0.4) is 0 Å². The summed E-state index contributed by atoms with van der Waals surface area (Å²) in [6.45, 7) is 0.423. The van der Waals surface area contributed by atoms with Crippen LogP contribution in [0.1, 0.15) is 16.1 Å². The maximum atomic E-state index is 12.2. The molecule has 0 saturated carbocycles. The van der Waals surface area contributed by atoms with Crippen LogP contribution < -0.4 is 5.32 Å². The Hall–Kier alpha value is -2.86. The molecule has 3 heterocycles. The molecule has 0 saturated heterocycles. The van der Waals surface area contributed by atoms with Crippen LogP contribution in [0.4, 0.5) is 0 Å². The molecule has 5 nitrogen and oxygen atoms in total. The molecule has 114 valence electrons. The van der Waals surface area contributed by atoms with Crippen molar-refractivity contribution in [3.05, 3.63) is 77.8 Å². The van der Waals surface area contributed by atoms with E-state index >= 15 is 0 Å². The molecular weight excluding hydrogens is 308 g/mol. The van der Waals surface area contributed by atoms with Gasteiger partial charge in [-0.05, 0) is 36.4 Å². The largest absolute Gasteiger partial charge is 0.346 e. The minimum Gasteiger partial charge on any atom is -0.346 e. The number of fused-ring (bicyclic) bond motifs is 1. The number of thiazole rings is 1. The summed E-state index contributed by atoms with van der Waals surface area (Å²) in [6, 6.07) is 11.5. The van der Waals surface area contributed by atoms with Crippen LogP contribution in [0.2, 0.25) is 0 Å². The summed E-state index contributed by atoms with van der Waals surface area (Å²) in [7, 11) is 0. The van der Waals surface area contributed by atoms with Crippen LogP contribution in [-0.2, 0) is 6.54 Å². The Bertz CT molecular complexity index is 906. The summed E-state index contributed by atoms with van der Waals surface area (Å²) in [6.07, 6.45) is 7.83. The monoisotopic (exact) mass is 322 g/mol. The highest BCUT2D eigenvalue weighted by Gasteiger charge is 2.08. The normalized spacial score (nSPS) is 11.0. The number of nitrogens with zero attached hydrogens (tertiary/aromatic N) is 3. The smallest absolute Gasteiger partial charge is 0.251 e. The maximum Gasteiger partial charge on any atom is 0.251 e. The molecule has 4 rings (SSSR count). The fourth-order valence-electron chi connectivity index (χ4n) is 2.43. The van der Waals surface area contributed by atoms with Gasteiger partial charge in [-0.25, -0.2) is 4.98 Å². The van der Waals surface area contributed by atoms with Gasteiger partial charge in [-0.15, -0.1) is 11.3 Å². The Morgan fingerprint density at radius 2 is 1.91 bits per heavy atom. The quantitative estimate of drug-likeness (QED) is 0.627. The van der Waals surface area contributed by atoms with Crippen LogP contribution in [0.15, 0.2) is 66.6 Å². The van der Waals surface area contributed by atoms with E-state index in [9.17, 15) is 4.79 Å². The number of imidazole rings is 1. The Balaban J connectivity index is 1.43. The van der Waals surface area contributed by atoms with Gasteiger partial charge in [-0.1, -0.05) is 0 Å². The predicted octanol–water partition coefficient (Wildman–Crippen LogP) is 3.12. The van der Waals surface area contributed by atoms with Gasteiger partial charge in [0.05, 0.1) is 12.2 Å². The van der Waals surface area contributed by atoms with Crippen molar-refractivity contribution in [1.29, 1.82) is 0 Å². The lowest BCUT2D eigenvalue weighted by atomic mass is 10.2. The van der Waals surface area contributed by atoms with E-state index < -0.39 is 0 Å². The Labute approximate surface area is 136 Å². The molecule has 0 unspecified atom stereocenters. The Morgan fingerprint density at radius 3 is 2.65 bits per heavy atom. The highest BCUT2D eigenvalue weighted by molar-refractivity contribution is 7.15. The first-order valence-electron chi connectivity index (χ1n) is 7.22. The molecular formula is C17H14N4OS. The number of carbonyl (C=O) groups is 1. The fourth-order valence-corrected chi connectivity index (χ4v) is 3.14. The predicted molar refractivity (Wildman–Crippen MR) is 90.0 cm³/mol. The molecule has 0 bridgehead atoms. The number of hydrogen-bond acceptors (Lipinski definition) is 3. The minimum absolute atomic E-state index is 0.0968. The molecule has 23 heavy (non-hydrogen) atoms. The highest BCUT2D eigenvalue weighted by Crippen LogP contribution is 2.12. The number of rotatable bonds is 4. The van der Waals surface area contributed by atoms with Gasteiger partial charge in [0.2, 0.25) is 0 Å². The first-order valence-corrected chi connectivity index (χ1v) is 8.10. The first-order chi connectivity index (χ1) is 11.3. The van der Waals surface area contributed by atoms with Crippen molar-refractivity contribution < 1.29 is 4.79 Å². The summed E-state index contributed by atoms with van der Waals surface area (Å²) < 4.78 is 3.96. The number of nitrogens with one attached hydrogen (secondary N) is 1. The molecule has 4 aromatic rings. The zero-order chi connectivity index (χ0) is 15.6. The van der Waals surface area contributed by atoms with Gasteiger partial charge in [-0.2, -0.15) is 0 Å². The lowest BCUT2D eigenvalue weighted by Crippen LogP contribution is -2.22. The molecule has 3 aromatic heterocycles. The lowest BCUT2D eigenvalue weighted by Gasteiger charge is -2.06. The summed E-state index contributed by atoms with van der Waals surface area (Å²) in [4.78, 5) is 17.6. The number of aromatic nitrogens is 3. The first kappa shape index (κ1) is 13.8. The van der Waals surface area contributed by atoms with Crippen molar-refractivity contribution in [2.24, 2.45) is 0 Å². The number of hydrogen-bond donors (Lipinski definition) is 1. The van der Waals surface area contributed by atoms with Gasteiger partial charge < -0.3 is 9.88 Å². The summed E-state index contributed by atoms with van der Waals surface area (Å²) in [5.74, 6) is -0.0968. The van der Waals surface area contributed by atoms with E-state index in [1.807, 2.05) is 75.5 Å². The second-order valence-electron chi connectivity index (χ2n) is 5.14. The van der Waals surface area contributed by atoms with Crippen molar-refractivity contribution in [2.45, 2.75) is 6.54 Å². The number of carbonyl (C=O) groups excluding carboxylic acids is 1. The molecule has 6 heteroatoms. The summed E-state index contributed by atoms with van der Waals surface area (Å²) >= 11 is 1.58. The van der Waals surface area contributed by atoms with Crippen molar-refractivity contribution in [1.82, 2.24) is 19.3 Å². The Kier molecular flexibility index (Phi) is 3.44. The van der Waals surface area contributed by atoms with Crippen LogP contribution in [0.5, 0.6) is 0 Å². The molecule has 0 aliphatic carbocycles. The zero-order valence-electron chi connectivity index (χ0n) is 12.2. The van der Waals surface area contributed by atoms with E-state index in [4.69, 9.17) is 0 Å². The third-order valence-electron chi connectivity index (χ3n) is 3.61. The van der Waals surface area contributed by atoms with Gasteiger partial charge in [0, 0.05) is 41.4 Å². The van der Waals surface area contributed by atoms with Crippen LogP contribution in [0.25, 0.3) is 10.6 Å². The number of benzene rings is 1. The zero-order valence-corrected chi connectivity index (χ0v) is 13.0. The van der Waals surface area contributed by atoms with E-state index in [2.05, 4.69) is 10.3 Å². The van der Waals surface area contributed by atoms with Gasteiger partial charge in [0.1, 0.15) is 0 Å².